The van der Waals surface area contributed by atoms with Gasteiger partial charge in [-0.3, -0.25) is 9.35 Å². The van der Waals surface area contributed by atoms with Crippen molar-refractivity contribution in [1.29, 1.82) is 5.26 Å². The molecule has 3 N–H and O–H groups in total. The minimum Gasteiger partial charge on any atom is -0.508 e. The maximum Gasteiger partial charge on any atom is 0.266 e. The van der Waals surface area contributed by atoms with Crippen LogP contribution in [0.1, 0.15) is 5.56 Å². The van der Waals surface area contributed by atoms with Gasteiger partial charge in [-0.2, -0.15) is 13.7 Å². The number of carbonyl (C=O) groups excluding carboxylic acids is 1. The average molecular weight is 296 g/mol. The third kappa shape index (κ3) is 5.51. The Morgan fingerprint density at radius 3 is 2.45 bits per heavy atom. The quantitative estimate of drug-likeness (QED) is 0.407. The van der Waals surface area contributed by atoms with Crippen LogP contribution in [0.3, 0.4) is 0 Å². The first-order chi connectivity index (χ1) is 9.31. The van der Waals surface area contributed by atoms with Crippen LogP contribution in [0.15, 0.2) is 29.8 Å². The van der Waals surface area contributed by atoms with Crippen LogP contribution in [0.5, 0.6) is 5.75 Å². The van der Waals surface area contributed by atoms with E-state index in [1.165, 1.54) is 30.3 Å². The van der Waals surface area contributed by atoms with Gasteiger partial charge in [0.25, 0.3) is 16.0 Å². The number of nitrogens with one attached hydrogen (secondary N) is 1. The number of phenols is 1. The normalized spacial score (nSPS) is 11.7. The van der Waals surface area contributed by atoms with Gasteiger partial charge < -0.3 is 10.4 Å². The highest BCUT2D eigenvalue weighted by atomic mass is 32.2. The molecule has 0 unspecified atom stereocenters. The maximum absolute atomic E-state index is 11.6. The molecule has 0 radical (unpaired) electrons. The number of hydrogen-bond donors (Lipinski definition) is 3. The van der Waals surface area contributed by atoms with Gasteiger partial charge in [-0.15, -0.1) is 0 Å². The van der Waals surface area contributed by atoms with Crippen LogP contribution in [0.4, 0.5) is 0 Å². The second-order valence-corrected chi connectivity index (χ2v) is 5.38. The molecule has 0 atom stereocenters. The molecule has 0 fully saturated rings. The Morgan fingerprint density at radius 1 is 1.35 bits per heavy atom. The van der Waals surface area contributed by atoms with E-state index in [1.807, 2.05) is 0 Å². The van der Waals surface area contributed by atoms with Gasteiger partial charge in [-0.1, -0.05) is 12.1 Å². The van der Waals surface area contributed by atoms with Crippen molar-refractivity contribution in [2.45, 2.75) is 0 Å². The number of aromatic hydroxyl groups is 1. The summed E-state index contributed by atoms with van der Waals surface area (Å²) >= 11 is 0. The van der Waals surface area contributed by atoms with Gasteiger partial charge in [0.15, 0.2) is 0 Å². The zero-order valence-electron chi connectivity index (χ0n) is 10.3. The minimum atomic E-state index is -4.16. The van der Waals surface area contributed by atoms with Crippen molar-refractivity contribution in [2.75, 3.05) is 12.3 Å². The van der Waals surface area contributed by atoms with E-state index in [-0.39, 0.29) is 17.9 Å². The zero-order valence-corrected chi connectivity index (χ0v) is 11.1. The van der Waals surface area contributed by atoms with Crippen LogP contribution in [0, 0.1) is 11.3 Å². The van der Waals surface area contributed by atoms with Gasteiger partial charge in [0, 0.05) is 6.54 Å². The topological polar surface area (TPSA) is 127 Å². The predicted molar refractivity (Wildman–Crippen MR) is 71.1 cm³/mol. The molecular formula is C12H12N2O5S. The van der Waals surface area contributed by atoms with Gasteiger partial charge in [0.2, 0.25) is 0 Å². The molecule has 0 aromatic heterocycles. The molecular weight excluding hydrogens is 284 g/mol. The number of benzene rings is 1. The van der Waals surface area contributed by atoms with Crippen LogP contribution in [-0.4, -0.2) is 36.3 Å². The molecule has 0 bridgehead atoms. The van der Waals surface area contributed by atoms with Crippen LogP contribution >= 0.6 is 0 Å². The summed E-state index contributed by atoms with van der Waals surface area (Å²) < 4.78 is 29.5. The Hall–Kier alpha value is -2.37. The van der Waals surface area contributed by atoms with Crippen molar-refractivity contribution in [3.63, 3.8) is 0 Å². The Balaban J connectivity index is 2.73. The van der Waals surface area contributed by atoms with E-state index in [2.05, 4.69) is 5.32 Å². The molecule has 0 aliphatic rings. The molecule has 20 heavy (non-hydrogen) atoms. The highest BCUT2D eigenvalue weighted by Gasteiger charge is 2.10. The number of hydrogen-bond acceptors (Lipinski definition) is 5. The van der Waals surface area contributed by atoms with E-state index < -0.39 is 21.8 Å². The Morgan fingerprint density at radius 2 is 1.95 bits per heavy atom. The summed E-state index contributed by atoms with van der Waals surface area (Å²) in [6.07, 6.45) is 1.29. The molecule has 0 heterocycles. The lowest BCUT2D eigenvalue weighted by Gasteiger charge is -2.02. The van der Waals surface area contributed by atoms with Crippen LogP contribution in [-0.2, 0) is 14.9 Å². The van der Waals surface area contributed by atoms with E-state index in [9.17, 15) is 13.2 Å². The van der Waals surface area contributed by atoms with Crippen LogP contribution < -0.4 is 5.32 Å². The molecule has 0 spiro atoms. The smallest absolute Gasteiger partial charge is 0.266 e. The van der Waals surface area contributed by atoms with Crippen molar-refractivity contribution in [3.8, 4) is 11.8 Å². The molecule has 1 aromatic carbocycles. The second kappa shape index (κ2) is 6.70. The molecule has 0 saturated heterocycles. The molecule has 106 valence electrons. The molecule has 0 aliphatic carbocycles. The average Bonchev–Trinajstić information content (AvgIpc) is 2.36. The number of phenolic OH excluding ortho intramolecular Hbond substituents is 1. The van der Waals surface area contributed by atoms with Crippen molar-refractivity contribution < 1.29 is 22.9 Å². The second-order valence-electron chi connectivity index (χ2n) is 3.80. The van der Waals surface area contributed by atoms with E-state index in [0.29, 0.717) is 5.56 Å². The Kier molecular flexibility index (Phi) is 5.25. The third-order valence-corrected chi connectivity index (χ3v) is 2.93. The lowest BCUT2D eigenvalue weighted by atomic mass is 10.1. The molecule has 0 saturated carbocycles. The lowest BCUT2D eigenvalue weighted by Crippen LogP contribution is -2.29. The minimum absolute atomic E-state index is 0.0539. The molecule has 0 aliphatic heterocycles. The Labute approximate surface area is 115 Å². The summed E-state index contributed by atoms with van der Waals surface area (Å²) in [6, 6.07) is 7.51. The molecule has 8 heteroatoms. The van der Waals surface area contributed by atoms with Gasteiger partial charge in [-0.05, 0) is 23.8 Å². The summed E-state index contributed by atoms with van der Waals surface area (Å²) in [5.41, 5.74) is 0.315. The maximum atomic E-state index is 11.6. The number of amides is 1. The lowest BCUT2D eigenvalue weighted by molar-refractivity contribution is -0.116. The summed E-state index contributed by atoms with van der Waals surface area (Å²) in [6.45, 7) is -0.299. The first-order valence-electron chi connectivity index (χ1n) is 5.46. The molecule has 1 amide bonds. The SMILES string of the molecule is N#C/C(=C\c1ccc(O)cc1)C(=O)NCCS(=O)(=O)O. The predicted octanol–water partition coefficient (Wildman–Crippen LogP) is 0.303. The van der Waals surface area contributed by atoms with Crippen LogP contribution in [0.25, 0.3) is 6.08 Å². The zero-order chi connectivity index (χ0) is 15.2. The molecule has 1 aromatic rings. The van der Waals surface area contributed by atoms with Gasteiger partial charge in [0.1, 0.15) is 17.4 Å². The van der Waals surface area contributed by atoms with Crippen molar-refractivity contribution in [3.05, 3.63) is 35.4 Å². The fourth-order valence-electron chi connectivity index (χ4n) is 1.27. The van der Waals surface area contributed by atoms with E-state index in [0.717, 1.165) is 0 Å². The Bertz CT molecular complexity index is 656. The van der Waals surface area contributed by atoms with Crippen molar-refractivity contribution in [1.82, 2.24) is 5.32 Å². The first kappa shape index (κ1) is 15.7. The number of nitrogens with zero attached hydrogens (tertiary/aromatic N) is 1. The summed E-state index contributed by atoms with van der Waals surface area (Å²) in [4.78, 5) is 11.6. The van der Waals surface area contributed by atoms with E-state index in [4.69, 9.17) is 14.9 Å². The standard InChI is InChI=1S/C12H12N2O5S/c13-8-10(7-9-1-3-11(15)4-2-9)12(16)14-5-6-20(17,18)19/h1-4,7,15H,5-6H2,(H,14,16)(H,17,18,19)/b10-7+. The largest absolute Gasteiger partial charge is 0.508 e. The van der Waals surface area contributed by atoms with Gasteiger partial charge in [0.05, 0.1) is 5.75 Å². The molecule has 7 nitrogen and oxygen atoms in total. The molecule has 1 rings (SSSR count). The highest BCUT2D eigenvalue weighted by molar-refractivity contribution is 7.85. The van der Waals surface area contributed by atoms with Crippen molar-refractivity contribution >= 4 is 22.1 Å². The summed E-state index contributed by atoms with van der Waals surface area (Å²) in [5, 5.41) is 20.2. The van der Waals surface area contributed by atoms with Crippen molar-refractivity contribution in [2.24, 2.45) is 0 Å². The van der Waals surface area contributed by atoms with E-state index >= 15 is 0 Å². The summed E-state index contributed by atoms with van der Waals surface area (Å²) in [7, 11) is -4.16. The van der Waals surface area contributed by atoms with Crippen LogP contribution in [0.2, 0.25) is 0 Å². The number of rotatable bonds is 5. The van der Waals surface area contributed by atoms with Gasteiger partial charge in [-0.25, -0.2) is 0 Å². The van der Waals surface area contributed by atoms with Gasteiger partial charge >= 0.3 is 0 Å². The number of carbonyl (C=O) groups is 1. The third-order valence-electron chi connectivity index (χ3n) is 2.21. The summed E-state index contributed by atoms with van der Waals surface area (Å²) in [5.74, 6) is -1.32. The highest BCUT2D eigenvalue weighted by Crippen LogP contribution is 2.12. The first-order valence-corrected chi connectivity index (χ1v) is 7.07. The monoisotopic (exact) mass is 296 g/mol. The number of nitriles is 1. The fourth-order valence-corrected chi connectivity index (χ4v) is 1.63. The fraction of sp³-hybridized carbons (Fsp3) is 0.167. The van der Waals surface area contributed by atoms with E-state index in [1.54, 1.807) is 6.07 Å².